The van der Waals surface area contributed by atoms with E-state index in [0.29, 0.717) is 13.1 Å². The molecule has 4 heterocycles. The first-order chi connectivity index (χ1) is 12.8. The molecule has 0 aromatic carbocycles. The molecule has 1 N–H and O–H groups in total. The lowest BCUT2D eigenvalue weighted by Gasteiger charge is -2.29. The highest BCUT2D eigenvalue weighted by molar-refractivity contribution is 5.81. The fraction of sp³-hybridized carbons (Fsp3) is 0.647. The molecule has 0 radical (unpaired) electrons. The number of hydrogen-bond donors (Lipinski definition) is 1. The zero-order valence-electron chi connectivity index (χ0n) is 14.9. The van der Waals surface area contributed by atoms with Crippen molar-refractivity contribution in [2.75, 3.05) is 31.1 Å². The van der Waals surface area contributed by atoms with Gasteiger partial charge < -0.3 is 15.0 Å². The average Bonchev–Trinajstić information content (AvgIpc) is 3.32. The molecule has 2 aliphatic heterocycles. The molecule has 1 amide bonds. The van der Waals surface area contributed by atoms with Gasteiger partial charge in [-0.25, -0.2) is 0 Å². The van der Waals surface area contributed by atoms with Crippen molar-refractivity contribution in [1.82, 2.24) is 29.9 Å². The van der Waals surface area contributed by atoms with Crippen molar-refractivity contribution in [1.29, 1.82) is 0 Å². The number of carbonyl (C=O) groups is 1. The Balaban J connectivity index is 1.54. The molecule has 4 rings (SSSR count). The van der Waals surface area contributed by atoms with Crippen LogP contribution in [-0.4, -0.2) is 56.7 Å². The van der Waals surface area contributed by atoms with Crippen LogP contribution in [0.5, 0.6) is 0 Å². The number of aromatic nitrogens is 5. The van der Waals surface area contributed by atoms with Crippen LogP contribution in [0.1, 0.15) is 37.6 Å². The maximum absolute atomic E-state index is 11.8. The summed E-state index contributed by atoms with van der Waals surface area (Å²) < 4.78 is 10.0. The summed E-state index contributed by atoms with van der Waals surface area (Å²) in [5.41, 5.74) is 0. The van der Waals surface area contributed by atoms with Gasteiger partial charge in [-0.2, -0.15) is 5.10 Å². The van der Waals surface area contributed by atoms with Gasteiger partial charge in [-0.3, -0.25) is 14.0 Å². The first-order valence-corrected chi connectivity index (χ1v) is 9.35. The van der Waals surface area contributed by atoms with Gasteiger partial charge in [0, 0.05) is 45.2 Å². The number of ether oxygens (including phenoxy) is 1. The summed E-state index contributed by atoms with van der Waals surface area (Å²) in [6.07, 6.45) is 7.87. The molecular formula is C17H25N7O2. The van der Waals surface area contributed by atoms with Gasteiger partial charge in [0.05, 0.1) is 6.54 Å². The van der Waals surface area contributed by atoms with Crippen LogP contribution in [0.3, 0.4) is 0 Å². The maximum Gasteiger partial charge on any atom is 0.239 e. The highest BCUT2D eigenvalue weighted by Gasteiger charge is 2.28. The summed E-state index contributed by atoms with van der Waals surface area (Å²) in [7, 11) is 0. The van der Waals surface area contributed by atoms with Gasteiger partial charge in [-0.05, 0) is 31.7 Å². The number of nitrogens with zero attached hydrogens (tertiary/aromatic N) is 6. The number of hydrogen-bond acceptors (Lipinski definition) is 6. The SMILES string of the molecule is O=C1CN(c2nnc(C3CCCCO3)n2CCCn2cccn2)CCN1. The van der Waals surface area contributed by atoms with Crippen LogP contribution in [-0.2, 0) is 22.6 Å². The second-order valence-electron chi connectivity index (χ2n) is 6.76. The molecule has 1 atom stereocenters. The number of anilines is 1. The van der Waals surface area contributed by atoms with Gasteiger partial charge in [-0.1, -0.05) is 0 Å². The molecule has 0 saturated carbocycles. The van der Waals surface area contributed by atoms with Crippen molar-refractivity contribution >= 4 is 11.9 Å². The van der Waals surface area contributed by atoms with Crippen molar-refractivity contribution in [3.8, 4) is 0 Å². The van der Waals surface area contributed by atoms with E-state index in [0.717, 1.165) is 63.7 Å². The Hall–Kier alpha value is -2.42. The molecule has 0 spiro atoms. The summed E-state index contributed by atoms with van der Waals surface area (Å²) in [4.78, 5) is 13.8. The summed E-state index contributed by atoms with van der Waals surface area (Å²) >= 11 is 0. The molecular weight excluding hydrogens is 334 g/mol. The molecule has 26 heavy (non-hydrogen) atoms. The largest absolute Gasteiger partial charge is 0.370 e. The van der Waals surface area contributed by atoms with E-state index in [1.54, 1.807) is 6.20 Å². The monoisotopic (exact) mass is 359 g/mol. The topological polar surface area (TPSA) is 90.1 Å². The number of aryl methyl sites for hydroxylation is 1. The van der Waals surface area contributed by atoms with E-state index in [2.05, 4.69) is 25.2 Å². The summed E-state index contributed by atoms with van der Waals surface area (Å²) in [6, 6.07) is 1.93. The minimum atomic E-state index is -0.00618. The van der Waals surface area contributed by atoms with Crippen molar-refractivity contribution in [3.63, 3.8) is 0 Å². The quantitative estimate of drug-likeness (QED) is 0.818. The first kappa shape index (κ1) is 17.0. The molecule has 9 nitrogen and oxygen atoms in total. The van der Waals surface area contributed by atoms with Crippen LogP contribution in [0, 0.1) is 0 Å². The van der Waals surface area contributed by atoms with Gasteiger partial charge in [0.2, 0.25) is 11.9 Å². The molecule has 2 fully saturated rings. The van der Waals surface area contributed by atoms with E-state index in [9.17, 15) is 4.79 Å². The Morgan fingerprint density at radius 1 is 1.27 bits per heavy atom. The highest BCUT2D eigenvalue weighted by Crippen LogP contribution is 2.29. The Morgan fingerprint density at radius 3 is 3.00 bits per heavy atom. The van der Waals surface area contributed by atoms with Crippen LogP contribution in [0.2, 0.25) is 0 Å². The van der Waals surface area contributed by atoms with Crippen molar-refractivity contribution in [2.24, 2.45) is 0 Å². The fourth-order valence-corrected chi connectivity index (χ4v) is 3.57. The third kappa shape index (κ3) is 3.72. The Labute approximate surface area is 152 Å². The van der Waals surface area contributed by atoms with E-state index in [4.69, 9.17) is 4.74 Å². The van der Waals surface area contributed by atoms with Gasteiger partial charge >= 0.3 is 0 Å². The molecule has 140 valence electrons. The number of carbonyl (C=O) groups excluding carboxylic acids is 1. The standard InChI is InChI=1S/C17H25N7O2/c25-15-13-22(11-7-18-15)17-21-20-16(14-5-1-2-12-26-14)24(17)10-4-9-23-8-3-6-19-23/h3,6,8,14H,1-2,4-5,7,9-13H2,(H,18,25). The third-order valence-corrected chi connectivity index (χ3v) is 4.88. The van der Waals surface area contributed by atoms with Gasteiger partial charge in [-0.15, -0.1) is 10.2 Å². The Bertz CT molecular complexity index is 722. The van der Waals surface area contributed by atoms with E-state index in [-0.39, 0.29) is 12.0 Å². The second-order valence-corrected chi connectivity index (χ2v) is 6.76. The number of amides is 1. The van der Waals surface area contributed by atoms with E-state index in [1.807, 2.05) is 21.8 Å². The lowest BCUT2D eigenvalue weighted by Crippen LogP contribution is -2.48. The lowest BCUT2D eigenvalue weighted by molar-refractivity contribution is -0.120. The third-order valence-electron chi connectivity index (χ3n) is 4.88. The summed E-state index contributed by atoms with van der Waals surface area (Å²) in [6.45, 7) is 4.07. The molecule has 9 heteroatoms. The molecule has 2 aliphatic rings. The normalized spacial score (nSPS) is 21.0. The van der Waals surface area contributed by atoms with Gasteiger partial charge in [0.25, 0.3) is 0 Å². The molecule has 2 saturated heterocycles. The zero-order valence-corrected chi connectivity index (χ0v) is 14.9. The molecule has 2 aromatic heterocycles. The van der Waals surface area contributed by atoms with E-state index in [1.165, 1.54) is 0 Å². The van der Waals surface area contributed by atoms with Gasteiger partial charge in [0.15, 0.2) is 5.82 Å². The molecule has 1 unspecified atom stereocenters. The van der Waals surface area contributed by atoms with Crippen molar-refractivity contribution < 1.29 is 9.53 Å². The molecule has 2 aromatic rings. The van der Waals surface area contributed by atoms with Crippen LogP contribution < -0.4 is 10.2 Å². The minimum absolute atomic E-state index is 0.00618. The minimum Gasteiger partial charge on any atom is -0.370 e. The van der Waals surface area contributed by atoms with Crippen LogP contribution in [0.25, 0.3) is 0 Å². The maximum atomic E-state index is 11.8. The number of nitrogens with one attached hydrogen (secondary N) is 1. The Kier molecular flexibility index (Phi) is 5.14. The smallest absolute Gasteiger partial charge is 0.239 e. The van der Waals surface area contributed by atoms with Gasteiger partial charge in [0.1, 0.15) is 6.10 Å². The molecule has 0 aliphatic carbocycles. The predicted molar refractivity (Wildman–Crippen MR) is 94.6 cm³/mol. The second kappa shape index (κ2) is 7.86. The van der Waals surface area contributed by atoms with E-state index < -0.39 is 0 Å². The summed E-state index contributed by atoms with van der Waals surface area (Å²) in [5.74, 6) is 1.67. The number of piperazine rings is 1. The fourth-order valence-electron chi connectivity index (χ4n) is 3.57. The van der Waals surface area contributed by atoms with Crippen LogP contribution >= 0.6 is 0 Å². The van der Waals surface area contributed by atoms with E-state index >= 15 is 0 Å². The first-order valence-electron chi connectivity index (χ1n) is 9.35. The summed E-state index contributed by atoms with van der Waals surface area (Å²) in [5, 5.41) is 16.0. The zero-order chi connectivity index (χ0) is 17.8. The average molecular weight is 359 g/mol. The van der Waals surface area contributed by atoms with Crippen molar-refractivity contribution in [3.05, 3.63) is 24.3 Å². The highest BCUT2D eigenvalue weighted by atomic mass is 16.5. The molecule has 0 bridgehead atoms. The van der Waals surface area contributed by atoms with Crippen molar-refractivity contribution in [2.45, 2.75) is 44.9 Å². The van der Waals surface area contributed by atoms with Crippen LogP contribution in [0.4, 0.5) is 5.95 Å². The lowest BCUT2D eigenvalue weighted by atomic mass is 10.1. The van der Waals surface area contributed by atoms with Crippen LogP contribution in [0.15, 0.2) is 18.5 Å². The predicted octanol–water partition coefficient (Wildman–Crippen LogP) is 0.743. The number of rotatable bonds is 6. The Morgan fingerprint density at radius 2 is 2.23 bits per heavy atom.